The lowest BCUT2D eigenvalue weighted by Crippen LogP contribution is -2.53. The van der Waals surface area contributed by atoms with E-state index in [2.05, 4.69) is 10.3 Å². The molecule has 7 nitrogen and oxygen atoms in total. The molecule has 0 fully saturated rings. The van der Waals surface area contributed by atoms with Crippen LogP contribution in [0, 0.1) is 0 Å². The molecule has 0 unspecified atom stereocenters. The van der Waals surface area contributed by atoms with Crippen LogP contribution in [0.1, 0.15) is 18.1 Å². The van der Waals surface area contributed by atoms with Crippen LogP contribution in [-0.2, 0) is 11.4 Å². The molecular formula is C20H25N3O4. The van der Waals surface area contributed by atoms with Gasteiger partial charge in [-0.3, -0.25) is 9.79 Å². The lowest BCUT2D eigenvalue weighted by Gasteiger charge is -2.26. The average Bonchev–Trinajstić information content (AvgIpc) is 2.69. The van der Waals surface area contributed by atoms with E-state index in [1.54, 1.807) is 18.2 Å². The molecule has 7 heteroatoms. The zero-order chi connectivity index (χ0) is 19.9. The van der Waals surface area contributed by atoms with Crippen LogP contribution in [0.3, 0.4) is 0 Å². The van der Waals surface area contributed by atoms with Crippen LogP contribution in [0.5, 0.6) is 5.75 Å². The summed E-state index contributed by atoms with van der Waals surface area (Å²) < 4.78 is 5.78. The molecule has 2 aromatic carbocycles. The first-order chi connectivity index (χ1) is 12.9. The summed E-state index contributed by atoms with van der Waals surface area (Å²) in [5, 5.41) is 21.3. The molecule has 0 aromatic heterocycles. The lowest BCUT2D eigenvalue weighted by atomic mass is 10.0. The Morgan fingerprint density at radius 1 is 1.19 bits per heavy atom. The van der Waals surface area contributed by atoms with Crippen LogP contribution in [0.15, 0.2) is 53.5 Å². The third-order valence-electron chi connectivity index (χ3n) is 4.08. The predicted molar refractivity (Wildman–Crippen MR) is 105 cm³/mol. The third kappa shape index (κ3) is 5.29. The van der Waals surface area contributed by atoms with E-state index in [9.17, 15) is 15.0 Å². The van der Waals surface area contributed by atoms with Gasteiger partial charge in [-0.05, 0) is 30.7 Å². The SMILES string of the molecule is CN=C(C(=O)NC(C)(CO)CO)c1cc(OCc2ccccc2)ccc1N. The van der Waals surface area contributed by atoms with E-state index in [-0.39, 0.29) is 5.71 Å². The van der Waals surface area contributed by atoms with Gasteiger partial charge in [-0.15, -0.1) is 0 Å². The van der Waals surface area contributed by atoms with Crippen LogP contribution >= 0.6 is 0 Å². The summed E-state index contributed by atoms with van der Waals surface area (Å²) in [6, 6.07) is 14.7. The van der Waals surface area contributed by atoms with E-state index in [0.717, 1.165) is 5.56 Å². The molecule has 144 valence electrons. The molecule has 27 heavy (non-hydrogen) atoms. The number of carbonyl (C=O) groups is 1. The minimum Gasteiger partial charge on any atom is -0.489 e. The number of hydrogen-bond acceptors (Lipinski definition) is 6. The third-order valence-corrected chi connectivity index (χ3v) is 4.08. The number of ether oxygens (including phenoxy) is 1. The summed E-state index contributed by atoms with van der Waals surface area (Å²) in [7, 11) is 1.47. The zero-order valence-corrected chi connectivity index (χ0v) is 15.5. The smallest absolute Gasteiger partial charge is 0.270 e. The number of aliphatic hydroxyl groups is 2. The van der Waals surface area contributed by atoms with Gasteiger partial charge in [0.05, 0.1) is 18.8 Å². The number of aliphatic imine (C=N–C) groups is 1. The van der Waals surface area contributed by atoms with Crippen LogP contribution in [0.25, 0.3) is 0 Å². The maximum Gasteiger partial charge on any atom is 0.270 e. The van der Waals surface area contributed by atoms with Gasteiger partial charge < -0.3 is 26.0 Å². The Balaban J connectivity index is 2.21. The molecule has 2 rings (SSSR count). The molecular weight excluding hydrogens is 346 g/mol. The van der Waals surface area contributed by atoms with Crippen molar-refractivity contribution >= 4 is 17.3 Å². The standard InChI is InChI=1S/C20H25N3O4/c1-20(12-24,13-25)23-19(26)18(22-2)16-10-15(8-9-17(16)21)27-11-14-6-4-3-5-7-14/h3-10,24-25H,11-13,21H2,1-2H3,(H,23,26). The highest BCUT2D eigenvalue weighted by Crippen LogP contribution is 2.22. The summed E-state index contributed by atoms with van der Waals surface area (Å²) in [5.74, 6) is -0.000842. The van der Waals surface area contributed by atoms with E-state index in [1.165, 1.54) is 14.0 Å². The highest BCUT2D eigenvalue weighted by atomic mass is 16.5. The highest BCUT2D eigenvalue weighted by Gasteiger charge is 2.28. The number of benzene rings is 2. The van der Waals surface area contributed by atoms with Crippen molar-refractivity contribution in [1.29, 1.82) is 0 Å². The molecule has 1 amide bonds. The van der Waals surface area contributed by atoms with Gasteiger partial charge in [0.1, 0.15) is 18.1 Å². The van der Waals surface area contributed by atoms with E-state index < -0.39 is 24.7 Å². The second-order valence-electron chi connectivity index (χ2n) is 6.43. The largest absolute Gasteiger partial charge is 0.489 e. The Kier molecular flexibility index (Phi) is 6.92. The Bertz CT molecular complexity index is 802. The summed E-state index contributed by atoms with van der Waals surface area (Å²) >= 11 is 0. The number of carbonyl (C=O) groups excluding carboxylic acids is 1. The summed E-state index contributed by atoms with van der Waals surface area (Å²) in [6.07, 6.45) is 0. The quantitative estimate of drug-likeness (QED) is 0.410. The molecule has 0 radical (unpaired) electrons. The minimum absolute atomic E-state index is 0.0887. The second-order valence-corrected chi connectivity index (χ2v) is 6.43. The maximum absolute atomic E-state index is 12.6. The van der Waals surface area contributed by atoms with E-state index in [4.69, 9.17) is 10.5 Å². The van der Waals surface area contributed by atoms with E-state index >= 15 is 0 Å². The first kappa shape index (κ1) is 20.4. The zero-order valence-electron chi connectivity index (χ0n) is 15.5. The Morgan fingerprint density at radius 3 is 2.44 bits per heavy atom. The van der Waals surface area contributed by atoms with Gasteiger partial charge in [0.2, 0.25) is 0 Å². The van der Waals surface area contributed by atoms with Crippen molar-refractivity contribution in [3.63, 3.8) is 0 Å². The summed E-state index contributed by atoms with van der Waals surface area (Å²) in [6.45, 7) is 1.08. The van der Waals surface area contributed by atoms with E-state index in [1.807, 2.05) is 30.3 Å². The Morgan fingerprint density at radius 2 is 1.85 bits per heavy atom. The maximum atomic E-state index is 12.6. The number of amides is 1. The van der Waals surface area contributed by atoms with Crippen molar-refractivity contribution in [3.05, 3.63) is 59.7 Å². The first-order valence-electron chi connectivity index (χ1n) is 8.50. The number of nitrogen functional groups attached to an aromatic ring is 1. The molecule has 0 atom stereocenters. The van der Waals surface area contributed by atoms with Crippen LogP contribution in [0.4, 0.5) is 5.69 Å². The minimum atomic E-state index is -1.16. The summed E-state index contributed by atoms with van der Waals surface area (Å²) in [5.41, 5.74) is 6.75. The number of anilines is 1. The molecule has 0 saturated carbocycles. The van der Waals surface area contributed by atoms with Crippen LogP contribution in [-0.4, -0.2) is 47.6 Å². The first-order valence-corrected chi connectivity index (χ1v) is 8.50. The normalized spacial score (nSPS) is 11.9. The fraction of sp³-hybridized carbons (Fsp3) is 0.300. The van der Waals surface area contributed by atoms with Gasteiger partial charge in [0, 0.05) is 18.3 Å². The van der Waals surface area contributed by atoms with Crippen LogP contribution < -0.4 is 15.8 Å². The molecule has 2 aromatic rings. The lowest BCUT2D eigenvalue weighted by molar-refractivity contribution is -0.117. The molecule has 0 aliphatic heterocycles. The highest BCUT2D eigenvalue weighted by molar-refractivity contribution is 6.46. The number of nitrogens with two attached hydrogens (primary N) is 1. The number of nitrogens with one attached hydrogen (secondary N) is 1. The summed E-state index contributed by atoms with van der Waals surface area (Å²) in [4.78, 5) is 16.6. The molecule has 0 heterocycles. The van der Waals surface area contributed by atoms with Crippen molar-refractivity contribution in [3.8, 4) is 5.75 Å². The topological polar surface area (TPSA) is 117 Å². The van der Waals surface area contributed by atoms with Crippen molar-refractivity contribution in [1.82, 2.24) is 5.32 Å². The fourth-order valence-corrected chi connectivity index (χ4v) is 2.38. The van der Waals surface area contributed by atoms with Gasteiger partial charge in [0.25, 0.3) is 5.91 Å². The monoisotopic (exact) mass is 371 g/mol. The number of hydrogen-bond donors (Lipinski definition) is 4. The van der Waals surface area contributed by atoms with Gasteiger partial charge in [-0.25, -0.2) is 0 Å². The van der Waals surface area contributed by atoms with Crippen molar-refractivity contribution < 1.29 is 19.7 Å². The molecule has 0 bridgehead atoms. The molecule has 0 aliphatic carbocycles. The van der Waals surface area contributed by atoms with Crippen LogP contribution in [0.2, 0.25) is 0 Å². The van der Waals surface area contributed by atoms with Gasteiger partial charge >= 0.3 is 0 Å². The van der Waals surface area contributed by atoms with E-state index in [0.29, 0.717) is 23.6 Å². The number of aliphatic hydroxyl groups excluding tert-OH is 2. The van der Waals surface area contributed by atoms with Gasteiger partial charge in [-0.2, -0.15) is 0 Å². The van der Waals surface area contributed by atoms with Crippen molar-refractivity contribution in [2.75, 3.05) is 26.0 Å². The molecule has 0 spiro atoms. The number of nitrogens with zero attached hydrogens (tertiary/aromatic N) is 1. The number of rotatable bonds is 8. The van der Waals surface area contributed by atoms with Gasteiger partial charge in [-0.1, -0.05) is 30.3 Å². The molecule has 0 saturated heterocycles. The fourth-order valence-electron chi connectivity index (χ4n) is 2.38. The van der Waals surface area contributed by atoms with Gasteiger partial charge in [0.15, 0.2) is 0 Å². The van der Waals surface area contributed by atoms with Crippen molar-refractivity contribution in [2.45, 2.75) is 19.1 Å². The Labute approximate surface area is 158 Å². The predicted octanol–water partition coefficient (Wildman–Crippen LogP) is 1.13. The second kappa shape index (κ2) is 9.16. The average molecular weight is 371 g/mol. The Hall–Kier alpha value is -2.90. The molecule has 0 aliphatic rings. The van der Waals surface area contributed by atoms with Crippen molar-refractivity contribution in [2.24, 2.45) is 4.99 Å². The molecule has 5 N–H and O–H groups in total.